The summed E-state index contributed by atoms with van der Waals surface area (Å²) < 4.78 is 4.18. The summed E-state index contributed by atoms with van der Waals surface area (Å²) in [5.41, 5.74) is 17.4. The minimum atomic E-state index is -1.44. The highest BCUT2D eigenvalue weighted by Gasteiger charge is 1.94. The number of carbonyl (C=O) groups excluding carboxylic acids is 3. The summed E-state index contributed by atoms with van der Waals surface area (Å²) in [6.45, 7) is 2.06. The minimum absolute atomic E-state index is 0.356. The molecule has 10 N–H and O–H groups in total. The van der Waals surface area contributed by atoms with Crippen molar-refractivity contribution >= 4 is 24.2 Å². The molecule has 11 heteroatoms. The first-order valence-corrected chi connectivity index (χ1v) is 3.89. The van der Waals surface area contributed by atoms with Crippen LogP contribution in [0, 0.1) is 0 Å². The largest absolute Gasteiger partial charge is 0.465 e. The molecule has 0 saturated heterocycles. The molecular weight excluding hydrogens is 238 g/mol. The van der Waals surface area contributed by atoms with Crippen LogP contribution in [-0.4, -0.2) is 36.0 Å². The number of rotatable bonds is 1. The van der Waals surface area contributed by atoms with Crippen LogP contribution < -0.4 is 28.3 Å². The maximum Gasteiger partial charge on any atom is 0.412 e. The zero-order valence-electron chi connectivity index (χ0n) is 9.00. The summed E-state index contributed by atoms with van der Waals surface area (Å²) in [6.07, 6.45) is -2.15. The van der Waals surface area contributed by atoms with Gasteiger partial charge in [-0.05, 0) is 6.92 Å². The normalized spacial score (nSPS) is 7.12. The van der Waals surface area contributed by atoms with E-state index in [0.717, 1.165) is 0 Å². The van der Waals surface area contributed by atoms with Crippen molar-refractivity contribution in [1.82, 2.24) is 5.32 Å². The lowest BCUT2D eigenvalue weighted by Gasteiger charge is -1.89. The van der Waals surface area contributed by atoms with Gasteiger partial charge in [0.05, 0.1) is 6.61 Å². The lowest BCUT2D eigenvalue weighted by Crippen LogP contribution is -2.33. The maximum atomic E-state index is 9.60. The smallest absolute Gasteiger partial charge is 0.412 e. The minimum Gasteiger partial charge on any atom is -0.465 e. The van der Waals surface area contributed by atoms with Gasteiger partial charge in [0.15, 0.2) is 0 Å². The van der Waals surface area contributed by atoms with Crippen LogP contribution in [0.1, 0.15) is 6.92 Å². The van der Waals surface area contributed by atoms with Crippen molar-refractivity contribution in [2.24, 2.45) is 22.9 Å². The summed E-state index contributed by atoms with van der Waals surface area (Å²) in [6, 6.07) is -1.90. The quantitative estimate of drug-likeness (QED) is 0.325. The van der Waals surface area contributed by atoms with Crippen LogP contribution in [0.2, 0.25) is 0 Å². The predicted octanol–water partition coefficient (Wildman–Crippen LogP) is -1.54. The molecule has 6 amide bonds. The van der Waals surface area contributed by atoms with E-state index in [4.69, 9.17) is 9.90 Å². The summed E-state index contributed by atoms with van der Waals surface area (Å²) in [5.74, 6) is 0. The Balaban J connectivity index is -0.000000180. The van der Waals surface area contributed by atoms with E-state index in [1.54, 1.807) is 6.92 Å². The van der Waals surface area contributed by atoms with Crippen molar-refractivity contribution < 1.29 is 29.0 Å². The number of hydrogen-bond acceptors (Lipinski definition) is 5. The first-order valence-electron chi connectivity index (χ1n) is 3.89. The first kappa shape index (κ1) is 19.8. The van der Waals surface area contributed by atoms with Crippen LogP contribution in [0.25, 0.3) is 0 Å². The van der Waals surface area contributed by atoms with Crippen molar-refractivity contribution in [1.29, 1.82) is 0 Å². The molecular formula is C6H15N5O6. The fourth-order valence-electron chi connectivity index (χ4n) is 0.248. The average molecular weight is 253 g/mol. The molecule has 11 nitrogen and oxygen atoms in total. The Hall–Kier alpha value is -2.72. The van der Waals surface area contributed by atoms with E-state index in [2.05, 4.69) is 27.7 Å². The fraction of sp³-hybridized carbons (Fsp3) is 0.333. The Bertz CT molecular complexity index is 252. The van der Waals surface area contributed by atoms with Crippen molar-refractivity contribution in [3.05, 3.63) is 0 Å². The van der Waals surface area contributed by atoms with Crippen LogP contribution in [0.5, 0.6) is 0 Å². The monoisotopic (exact) mass is 253 g/mol. The lowest BCUT2D eigenvalue weighted by molar-refractivity contribution is 0.163. The highest BCUT2D eigenvalue weighted by Crippen LogP contribution is 1.66. The van der Waals surface area contributed by atoms with Gasteiger partial charge in [-0.3, -0.25) is 0 Å². The van der Waals surface area contributed by atoms with E-state index in [-0.39, 0.29) is 0 Å². The number of hydrogen-bond donors (Lipinski definition) is 6. The van der Waals surface area contributed by atoms with Gasteiger partial charge >= 0.3 is 24.2 Å². The third kappa shape index (κ3) is 92.2. The third-order valence-corrected chi connectivity index (χ3v) is 0.517. The van der Waals surface area contributed by atoms with Crippen molar-refractivity contribution in [3.8, 4) is 0 Å². The van der Waals surface area contributed by atoms with Crippen LogP contribution >= 0.6 is 0 Å². The second-order valence-electron chi connectivity index (χ2n) is 1.95. The number of amides is 6. The third-order valence-electron chi connectivity index (χ3n) is 0.517. The number of ether oxygens (including phenoxy) is 1. The van der Waals surface area contributed by atoms with Gasteiger partial charge in [0.1, 0.15) is 0 Å². The average Bonchev–Trinajstić information content (AvgIpc) is 1.99. The molecule has 17 heavy (non-hydrogen) atoms. The molecule has 0 aliphatic heterocycles. The van der Waals surface area contributed by atoms with Gasteiger partial charge in [-0.2, -0.15) is 0 Å². The summed E-state index contributed by atoms with van der Waals surface area (Å²) in [7, 11) is 0. The molecule has 0 aromatic rings. The number of primary amides is 4. The van der Waals surface area contributed by atoms with Crippen LogP contribution in [0.4, 0.5) is 19.2 Å². The number of nitrogens with two attached hydrogens (primary N) is 4. The molecule has 0 aromatic heterocycles. The summed E-state index contributed by atoms with van der Waals surface area (Å²) in [5, 5.41) is 9.03. The molecule has 0 radical (unpaired) electrons. The van der Waals surface area contributed by atoms with Gasteiger partial charge in [0, 0.05) is 0 Å². The van der Waals surface area contributed by atoms with Gasteiger partial charge in [-0.25, -0.2) is 24.5 Å². The van der Waals surface area contributed by atoms with Gasteiger partial charge in [0.2, 0.25) is 0 Å². The van der Waals surface area contributed by atoms with Gasteiger partial charge in [0.25, 0.3) is 0 Å². The molecule has 0 aromatic carbocycles. The lowest BCUT2D eigenvalue weighted by atomic mass is 10.9. The van der Waals surface area contributed by atoms with Crippen molar-refractivity contribution in [2.75, 3.05) is 6.61 Å². The highest BCUT2D eigenvalue weighted by molar-refractivity contribution is 5.88. The van der Waals surface area contributed by atoms with E-state index in [1.807, 2.05) is 0 Å². The van der Waals surface area contributed by atoms with E-state index in [0.29, 0.717) is 6.61 Å². The van der Waals surface area contributed by atoms with Gasteiger partial charge in [-0.1, -0.05) is 0 Å². The van der Waals surface area contributed by atoms with Crippen molar-refractivity contribution in [2.45, 2.75) is 6.92 Å². The Morgan fingerprint density at radius 1 is 1.12 bits per heavy atom. The van der Waals surface area contributed by atoms with E-state index in [1.165, 1.54) is 5.32 Å². The van der Waals surface area contributed by atoms with Crippen LogP contribution in [0.3, 0.4) is 0 Å². The topological polar surface area (TPSA) is 214 Å². The van der Waals surface area contributed by atoms with E-state index < -0.39 is 24.2 Å². The summed E-state index contributed by atoms with van der Waals surface area (Å²) >= 11 is 0. The molecule has 0 rings (SSSR count). The number of imide groups is 1. The van der Waals surface area contributed by atoms with E-state index in [9.17, 15) is 14.4 Å². The molecule has 0 spiro atoms. The molecule has 0 heterocycles. The maximum absolute atomic E-state index is 9.60. The van der Waals surface area contributed by atoms with E-state index >= 15 is 0 Å². The molecule has 0 aliphatic rings. The Morgan fingerprint density at radius 3 is 1.47 bits per heavy atom. The molecule has 100 valence electrons. The van der Waals surface area contributed by atoms with Gasteiger partial charge in [-0.15, -0.1) is 0 Å². The molecule has 0 aliphatic carbocycles. The zero-order valence-corrected chi connectivity index (χ0v) is 9.00. The SMILES string of the molecule is CCOC(N)=O.NC(=O)NC(=O)O.NC(N)=O. The highest BCUT2D eigenvalue weighted by atomic mass is 16.5. The number of carbonyl (C=O) groups is 4. The fourth-order valence-corrected chi connectivity index (χ4v) is 0.248. The van der Waals surface area contributed by atoms with Crippen LogP contribution in [0.15, 0.2) is 0 Å². The molecule has 0 bridgehead atoms. The second kappa shape index (κ2) is 13.3. The molecule has 0 saturated carbocycles. The standard InChI is InChI=1S/C3H7NO2.C2H4N2O3.CH4N2O/c1-2-6-3(4)5;3-1(5)4-2(6)7;2-1(3)4/h2H2,1H3,(H2,4,5);(H,6,7)(H3,3,4,5);(H4,2,3,4). The Morgan fingerprint density at radius 2 is 1.47 bits per heavy atom. The molecule has 0 atom stereocenters. The first-order chi connectivity index (χ1) is 7.63. The molecule has 0 fully saturated rings. The Kier molecular flexibility index (Phi) is 15.5. The van der Waals surface area contributed by atoms with Crippen LogP contribution in [-0.2, 0) is 4.74 Å². The second-order valence-corrected chi connectivity index (χ2v) is 1.95. The van der Waals surface area contributed by atoms with Crippen molar-refractivity contribution in [3.63, 3.8) is 0 Å². The predicted molar refractivity (Wildman–Crippen MR) is 55.7 cm³/mol. The zero-order chi connectivity index (χ0) is 14.4. The number of urea groups is 2. The van der Waals surface area contributed by atoms with Gasteiger partial charge < -0.3 is 32.8 Å². The number of carboxylic acid groups (broad SMARTS) is 1. The summed E-state index contributed by atoms with van der Waals surface area (Å²) in [4.78, 5) is 37.5. The number of nitrogens with one attached hydrogen (secondary N) is 1. The molecule has 0 unspecified atom stereocenters. The Labute approximate surface area is 96.0 Å².